The summed E-state index contributed by atoms with van der Waals surface area (Å²) in [6.45, 7) is 2.13. The van der Waals surface area contributed by atoms with Crippen LogP contribution in [-0.2, 0) is 4.43 Å². The van der Waals surface area contributed by atoms with Gasteiger partial charge in [-0.3, -0.25) is 0 Å². The molecule has 0 aliphatic carbocycles. The van der Waals surface area contributed by atoms with E-state index in [4.69, 9.17) is 4.43 Å². The zero-order valence-electron chi connectivity index (χ0n) is 4.85. The maximum absolute atomic E-state index is 4.96. The summed E-state index contributed by atoms with van der Waals surface area (Å²) in [5.74, 6) is 0. The maximum atomic E-state index is 4.96. The molecule has 0 radical (unpaired) electrons. The fourth-order valence-corrected chi connectivity index (χ4v) is 1.38. The van der Waals surface area contributed by atoms with Gasteiger partial charge in [0.1, 0.15) is 0 Å². The molecule has 0 heterocycles. The van der Waals surface area contributed by atoms with E-state index >= 15 is 0 Å². The van der Waals surface area contributed by atoms with Gasteiger partial charge >= 0.3 is 0 Å². The molecule has 44 valence electrons. The average Bonchev–Trinajstić information content (AvgIpc) is 1.68. The Hall–Kier alpha value is 0.527. The zero-order chi connectivity index (χ0) is 5.70. The van der Waals surface area contributed by atoms with Gasteiger partial charge in [0.25, 0.3) is 0 Å². The second kappa shape index (κ2) is 4.68. The van der Waals surface area contributed by atoms with Gasteiger partial charge in [0, 0.05) is 12.0 Å². The Balaban J connectivity index is 2.83. The zero-order valence-corrected chi connectivity index (χ0v) is 7.16. The Morgan fingerprint density at radius 1 is 1.86 bits per heavy atom. The van der Waals surface area contributed by atoms with Gasteiger partial charge in [-0.25, -0.2) is 0 Å². The van der Waals surface area contributed by atoms with E-state index in [1.807, 2.05) is 0 Å². The molecule has 0 aliphatic heterocycles. The minimum atomic E-state index is -0.290. The predicted molar refractivity (Wildman–Crippen MR) is 38.6 cm³/mol. The van der Waals surface area contributed by atoms with Crippen LogP contribution in [0.4, 0.5) is 0 Å². The lowest BCUT2D eigenvalue weighted by Gasteiger charge is -2.01. The van der Waals surface area contributed by atoms with Gasteiger partial charge in [0.15, 0.2) is 9.76 Å². The number of hydrogen-bond donors (Lipinski definition) is 1. The van der Waals surface area contributed by atoms with E-state index in [2.05, 4.69) is 19.6 Å². The highest BCUT2D eigenvalue weighted by Gasteiger charge is 1.96. The van der Waals surface area contributed by atoms with Gasteiger partial charge in [0.2, 0.25) is 0 Å². The van der Waals surface area contributed by atoms with E-state index in [-0.39, 0.29) is 9.76 Å². The van der Waals surface area contributed by atoms with Crippen LogP contribution in [0.1, 0.15) is 13.3 Å². The lowest BCUT2D eigenvalue weighted by atomic mass is 10.6. The molecule has 0 aromatic rings. The summed E-state index contributed by atoms with van der Waals surface area (Å²) in [7, 11) is 1.47. The molecule has 0 amide bonds. The summed E-state index contributed by atoms with van der Waals surface area (Å²) in [5, 5.41) is 0. The van der Waals surface area contributed by atoms with Crippen LogP contribution in [-0.4, -0.2) is 21.7 Å². The van der Waals surface area contributed by atoms with Crippen molar-refractivity contribution in [1.82, 2.24) is 0 Å². The molecule has 7 heavy (non-hydrogen) atoms. The first-order chi connectivity index (χ1) is 3.31. The van der Waals surface area contributed by atoms with Gasteiger partial charge in [-0.15, -0.1) is 0 Å². The second-order valence-corrected chi connectivity index (χ2v) is 4.83. The first-order valence-corrected chi connectivity index (χ1v) is 4.39. The van der Waals surface area contributed by atoms with Gasteiger partial charge < -0.3 is 4.43 Å². The lowest BCUT2D eigenvalue weighted by molar-refractivity contribution is 0.439. The molecule has 0 N–H and O–H groups in total. The van der Waals surface area contributed by atoms with Crippen LogP contribution in [0.2, 0.25) is 0 Å². The molecule has 0 saturated heterocycles. The van der Waals surface area contributed by atoms with Crippen LogP contribution in [0.15, 0.2) is 0 Å². The molecule has 1 atom stereocenters. The Morgan fingerprint density at radius 3 is 2.57 bits per heavy atom. The van der Waals surface area contributed by atoms with Crippen LogP contribution in [0.25, 0.3) is 0 Å². The molecule has 0 fully saturated rings. The van der Waals surface area contributed by atoms with E-state index in [1.54, 1.807) is 7.11 Å². The van der Waals surface area contributed by atoms with E-state index in [0.29, 0.717) is 4.87 Å². The molecule has 3 heteroatoms. The monoisotopic (exact) mass is 136 g/mol. The molecule has 0 aromatic carbocycles. The van der Waals surface area contributed by atoms with Crippen molar-refractivity contribution in [3.05, 3.63) is 0 Å². The van der Waals surface area contributed by atoms with Gasteiger partial charge in [0.05, 0.1) is 0 Å². The number of hydrogen-bond acceptors (Lipinski definition) is 2. The molecule has 0 aromatic heterocycles. The summed E-state index contributed by atoms with van der Waals surface area (Å²) in [4.78, 5) is 0.560. The summed E-state index contributed by atoms with van der Waals surface area (Å²) in [6.07, 6.45) is 1.14. The molecule has 0 spiro atoms. The maximum Gasteiger partial charge on any atom is 0.173 e. The van der Waals surface area contributed by atoms with Gasteiger partial charge in [-0.2, -0.15) is 12.6 Å². The smallest absolute Gasteiger partial charge is 0.173 e. The van der Waals surface area contributed by atoms with Crippen LogP contribution in [0, 0.1) is 0 Å². The van der Waals surface area contributed by atoms with Crippen molar-refractivity contribution < 1.29 is 4.43 Å². The van der Waals surface area contributed by atoms with Crippen LogP contribution < -0.4 is 0 Å². The molecule has 0 aliphatic rings. The Bertz CT molecular complexity index is 42.7. The third-order valence-corrected chi connectivity index (χ3v) is 2.94. The normalized spacial score (nSPS) is 15.9. The SMILES string of the molecule is CCC(S)[SiH2]OC. The summed E-state index contributed by atoms with van der Waals surface area (Å²) in [5.41, 5.74) is 0. The van der Waals surface area contributed by atoms with Crippen molar-refractivity contribution in [2.75, 3.05) is 7.11 Å². The first-order valence-electron chi connectivity index (χ1n) is 2.48. The summed E-state index contributed by atoms with van der Waals surface area (Å²) < 4.78 is 4.96. The third kappa shape index (κ3) is 4.38. The Morgan fingerprint density at radius 2 is 2.43 bits per heavy atom. The van der Waals surface area contributed by atoms with E-state index < -0.39 is 0 Å². The van der Waals surface area contributed by atoms with Gasteiger partial charge in [-0.1, -0.05) is 6.92 Å². The Labute approximate surface area is 52.8 Å². The molecular formula is C4H12OSSi. The molecule has 1 nitrogen and oxygen atoms in total. The minimum absolute atomic E-state index is 0.290. The molecule has 0 bridgehead atoms. The quantitative estimate of drug-likeness (QED) is 0.436. The molecule has 1 unspecified atom stereocenters. The van der Waals surface area contributed by atoms with Crippen LogP contribution in [0.5, 0.6) is 0 Å². The topological polar surface area (TPSA) is 9.23 Å². The van der Waals surface area contributed by atoms with Crippen molar-refractivity contribution in [3.63, 3.8) is 0 Å². The van der Waals surface area contributed by atoms with E-state index in [9.17, 15) is 0 Å². The van der Waals surface area contributed by atoms with E-state index in [0.717, 1.165) is 6.42 Å². The van der Waals surface area contributed by atoms with Crippen molar-refractivity contribution >= 4 is 22.4 Å². The van der Waals surface area contributed by atoms with Crippen LogP contribution in [0.3, 0.4) is 0 Å². The molecular weight excluding hydrogens is 124 g/mol. The Kier molecular flexibility index (Phi) is 5.03. The molecule has 0 saturated carbocycles. The predicted octanol–water partition coefficient (Wildman–Crippen LogP) is 0.382. The van der Waals surface area contributed by atoms with Crippen molar-refractivity contribution in [3.8, 4) is 0 Å². The number of rotatable bonds is 3. The summed E-state index contributed by atoms with van der Waals surface area (Å²) in [6, 6.07) is 0. The number of thiol groups is 1. The second-order valence-electron chi connectivity index (χ2n) is 1.52. The standard InChI is InChI=1S/C4H12OSSi/c1-3-4(6)7-5-2/h4,6H,3,7H2,1-2H3. The third-order valence-electron chi connectivity index (χ3n) is 0.830. The summed E-state index contributed by atoms with van der Waals surface area (Å²) >= 11 is 4.25. The van der Waals surface area contributed by atoms with Gasteiger partial charge in [-0.05, 0) is 6.42 Å². The highest BCUT2D eigenvalue weighted by atomic mass is 32.1. The fourth-order valence-electron chi connectivity index (χ4n) is 0.310. The lowest BCUT2D eigenvalue weighted by Crippen LogP contribution is -2.09. The van der Waals surface area contributed by atoms with Crippen molar-refractivity contribution in [1.29, 1.82) is 0 Å². The largest absolute Gasteiger partial charge is 0.426 e. The minimum Gasteiger partial charge on any atom is -0.426 e. The van der Waals surface area contributed by atoms with E-state index in [1.165, 1.54) is 0 Å². The van der Waals surface area contributed by atoms with Crippen LogP contribution >= 0.6 is 12.6 Å². The van der Waals surface area contributed by atoms with Crippen molar-refractivity contribution in [2.24, 2.45) is 0 Å². The highest BCUT2D eigenvalue weighted by molar-refractivity contribution is 7.82. The highest BCUT2D eigenvalue weighted by Crippen LogP contribution is 1.95. The molecule has 0 rings (SSSR count). The van der Waals surface area contributed by atoms with Crippen molar-refractivity contribution in [2.45, 2.75) is 18.2 Å². The first kappa shape index (κ1) is 7.53. The average molecular weight is 136 g/mol. The fraction of sp³-hybridized carbons (Fsp3) is 1.00.